The Hall–Kier alpha value is -0.750. The smallest absolute Gasteiger partial charge is 0.305 e. The van der Waals surface area contributed by atoms with Crippen LogP contribution >= 0.6 is 11.8 Å². The number of aliphatic hydroxyl groups is 1. The predicted octanol–water partition coefficient (Wildman–Crippen LogP) is 0.171. The van der Waals surface area contributed by atoms with Gasteiger partial charge in [-0.1, -0.05) is 0 Å². The van der Waals surface area contributed by atoms with Gasteiger partial charge in [-0.3, -0.25) is 9.59 Å². The first kappa shape index (κ1) is 15.2. The van der Waals surface area contributed by atoms with Gasteiger partial charge in [-0.2, -0.15) is 0 Å². The summed E-state index contributed by atoms with van der Waals surface area (Å²) in [6.07, 6.45) is 0.924. The molecule has 0 aromatic carbocycles. The molecule has 5 nitrogen and oxygen atoms in total. The molecule has 1 amide bonds. The highest BCUT2D eigenvalue weighted by molar-refractivity contribution is 7.99. The summed E-state index contributed by atoms with van der Waals surface area (Å²) in [6, 6.07) is 0. The van der Waals surface area contributed by atoms with E-state index in [4.69, 9.17) is 9.84 Å². The van der Waals surface area contributed by atoms with Gasteiger partial charge in [-0.05, 0) is 13.3 Å². The number of amides is 1. The highest BCUT2D eigenvalue weighted by Gasteiger charge is 2.03. The Morgan fingerprint density at radius 3 is 2.81 bits per heavy atom. The Morgan fingerprint density at radius 2 is 2.19 bits per heavy atom. The summed E-state index contributed by atoms with van der Waals surface area (Å²) in [5.74, 6) is 0.615. The maximum Gasteiger partial charge on any atom is 0.305 e. The van der Waals surface area contributed by atoms with Crippen molar-refractivity contribution in [1.82, 2.24) is 5.32 Å². The van der Waals surface area contributed by atoms with Crippen molar-refractivity contribution in [2.45, 2.75) is 19.8 Å². The number of hydrogen-bond donors (Lipinski definition) is 2. The third-order valence-corrected chi connectivity index (χ3v) is 2.59. The van der Waals surface area contributed by atoms with Crippen LogP contribution in [0.15, 0.2) is 0 Å². The van der Waals surface area contributed by atoms with Crippen molar-refractivity contribution in [1.29, 1.82) is 0 Å². The van der Waals surface area contributed by atoms with Crippen LogP contribution in [0.25, 0.3) is 0 Å². The van der Waals surface area contributed by atoms with Crippen LogP contribution in [0.3, 0.4) is 0 Å². The van der Waals surface area contributed by atoms with Crippen LogP contribution in [0.4, 0.5) is 0 Å². The van der Waals surface area contributed by atoms with Crippen LogP contribution in [0.2, 0.25) is 0 Å². The number of nitrogens with one attached hydrogen (secondary N) is 1. The first-order valence-corrected chi connectivity index (χ1v) is 6.47. The summed E-state index contributed by atoms with van der Waals surface area (Å²) < 4.78 is 4.74. The number of rotatable bonds is 9. The molecular formula is C10H19NO4S. The minimum absolute atomic E-state index is 0.0673. The van der Waals surface area contributed by atoms with Crippen molar-refractivity contribution < 1.29 is 19.4 Å². The molecule has 94 valence electrons. The van der Waals surface area contributed by atoms with E-state index in [0.717, 1.165) is 0 Å². The van der Waals surface area contributed by atoms with Gasteiger partial charge in [0.05, 0.1) is 19.0 Å². The van der Waals surface area contributed by atoms with Crippen LogP contribution in [-0.2, 0) is 14.3 Å². The van der Waals surface area contributed by atoms with Gasteiger partial charge in [0.15, 0.2) is 0 Å². The largest absolute Gasteiger partial charge is 0.466 e. The Labute approximate surface area is 99.9 Å². The van der Waals surface area contributed by atoms with Crippen molar-refractivity contribution in [3.63, 3.8) is 0 Å². The molecule has 0 unspecified atom stereocenters. The van der Waals surface area contributed by atoms with Gasteiger partial charge >= 0.3 is 5.97 Å². The average Bonchev–Trinajstić information content (AvgIpc) is 2.25. The van der Waals surface area contributed by atoms with E-state index < -0.39 is 0 Å². The van der Waals surface area contributed by atoms with Crippen molar-refractivity contribution in [2.24, 2.45) is 0 Å². The van der Waals surface area contributed by atoms with E-state index in [1.807, 2.05) is 0 Å². The molecule has 0 aromatic heterocycles. The van der Waals surface area contributed by atoms with Gasteiger partial charge in [-0.15, -0.1) is 11.8 Å². The van der Waals surface area contributed by atoms with Crippen LogP contribution in [-0.4, -0.2) is 48.2 Å². The van der Waals surface area contributed by atoms with Gasteiger partial charge in [0.25, 0.3) is 0 Å². The summed E-state index contributed by atoms with van der Waals surface area (Å²) in [4.78, 5) is 22.1. The molecule has 0 heterocycles. The SMILES string of the molecule is CCOC(=O)CCCNC(=O)CSCCO. The monoisotopic (exact) mass is 249 g/mol. The molecule has 0 aliphatic heterocycles. The summed E-state index contributed by atoms with van der Waals surface area (Å²) in [5, 5.41) is 11.2. The van der Waals surface area contributed by atoms with Gasteiger partial charge in [0, 0.05) is 18.7 Å². The molecule has 0 atom stereocenters. The average molecular weight is 249 g/mol. The first-order valence-electron chi connectivity index (χ1n) is 5.31. The third kappa shape index (κ3) is 9.79. The molecule has 0 aliphatic rings. The molecule has 0 rings (SSSR count). The standard InChI is InChI=1S/C10H19NO4S/c1-2-15-10(14)4-3-5-11-9(13)8-16-7-6-12/h12H,2-8H2,1H3,(H,11,13). The Balaban J connectivity index is 3.30. The number of ether oxygens (including phenoxy) is 1. The number of esters is 1. The number of thioether (sulfide) groups is 1. The van der Waals surface area contributed by atoms with Crippen molar-refractivity contribution >= 4 is 23.6 Å². The Bertz CT molecular complexity index is 211. The van der Waals surface area contributed by atoms with E-state index in [1.165, 1.54) is 11.8 Å². The summed E-state index contributed by atoms with van der Waals surface area (Å²) in [6.45, 7) is 2.72. The van der Waals surface area contributed by atoms with Crippen LogP contribution < -0.4 is 5.32 Å². The molecule has 6 heteroatoms. The lowest BCUT2D eigenvalue weighted by Crippen LogP contribution is -2.26. The number of carbonyl (C=O) groups is 2. The van der Waals surface area contributed by atoms with Crippen LogP contribution in [0.1, 0.15) is 19.8 Å². The van der Waals surface area contributed by atoms with Crippen LogP contribution in [0.5, 0.6) is 0 Å². The molecule has 16 heavy (non-hydrogen) atoms. The minimum Gasteiger partial charge on any atom is -0.466 e. The van der Waals surface area contributed by atoms with Gasteiger partial charge < -0.3 is 15.2 Å². The fourth-order valence-corrected chi connectivity index (χ4v) is 1.54. The summed E-state index contributed by atoms with van der Waals surface area (Å²) in [5.41, 5.74) is 0. The topological polar surface area (TPSA) is 75.6 Å². The lowest BCUT2D eigenvalue weighted by Gasteiger charge is -2.04. The minimum atomic E-state index is -0.230. The molecule has 0 spiro atoms. The zero-order valence-corrected chi connectivity index (χ0v) is 10.3. The second-order valence-electron chi connectivity index (χ2n) is 3.03. The second-order valence-corrected chi connectivity index (χ2v) is 4.14. The van der Waals surface area contributed by atoms with Crippen molar-refractivity contribution in [3.8, 4) is 0 Å². The molecule has 0 aromatic rings. The molecule has 0 saturated heterocycles. The van der Waals surface area contributed by atoms with E-state index >= 15 is 0 Å². The zero-order chi connectivity index (χ0) is 12.2. The molecule has 0 radical (unpaired) electrons. The van der Waals surface area contributed by atoms with E-state index in [2.05, 4.69) is 5.32 Å². The molecule has 0 aliphatic carbocycles. The fourth-order valence-electron chi connectivity index (χ4n) is 0.974. The quantitative estimate of drug-likeness (QED) is 0.450. The normalized spacial score (nSPS) is 9.88. The predicted molar refractivity (Wildman–Crippen MR) is 63.3 cm³/mol. The maximum atomic E-state index is 11.2. The Kier molecular flexibility index (Phi) is 10.3. The van der Waals surface area contributed by atoms with E-state index in [-0.39, 0.29) is 18.5 Å². The van der Waals surface area contributed by atoms with E-state index in [9.17, 15) is 9.59 Å². The van der Waals surface area contributed by atoms with E-state index in [1.54, 1.807) is 6.92 Å². The third-order valence-electron chi connectivity index (χ3n) is 1.65. The van der Waals surface area contributed by atoms with Crippen LogP contribution in [0, 0.1) is 0 Å². The molecule has 2 N–H and O–H groups in total. The second kappa shape index (κ2) is 10.8. The maximum absolute atomic E-state index is 11.2. The lowest BCUT2D eigenvalue weighted by atomic mass is 10.3. The van der Waals surface area contributed by atoms with Gasteiger partial charge in [-0.25, -0.2) is 0 Å². The fraction of sp³-hybridized carbons (Fsp3) is 0.800. The molecule has 0 bridgehead atoms. The lowest BCUT2D eigenvalue weighted by molar-refractivity contribution is -0.143. The summed E-state index contributed by atoms with van der Waals surface area (Å²) in [7, 11) is 0. The zero-order valence-electron chi connectivity index (χ0n) is 9.53. The Morgan fingerprint density at radius 1 is 1.44 bits per heavy atom. The van der Waals surface area contributed by atoms with Gasteiger partial charge in [0.1, 0.15) is 0 Å². The highest BCUT2D eigenvalue weighted by Crippen LogP contribution is 1.97. The van der Waals surface area contributed by atoms with Crippen molar-refractivity contribution in [3.05, 3.63) is 0 Å². The molecule has 0 saturated carbocycles. The number of aliphatic hydroxyl groups excluding tert-OH is 1. The highest BCUT2D eigenvalue weighted by atomic mass is 32.2. The first-order chi connectivity index (χ1) is 7.70. The molecule has 0 fully saturated rings. The van der Waals surface area contributed by atoms with E-state index in [0.29, 0.717) is 37.5 Å². The summed E-state index contributed by atoms with van der Waals surface area (Å²) >= 11 is 1.38. The number of hydrogen-bond acceptors (Lipinski definition) is 5. The van der Waals surface area contributed by atoms with Crippen molar-refractivity contribution in [2.75, 3.05) is 31.3 Å². The number of carbonyl (C=O) groups excluding carboxylic acids is 2. The van der Waals surface area contributed by atoms with Gasteiger partial charge in [0.2, 0.25) is 5.91 Å². The molecular weight excluding hydrogens is 230 g/mol.